The molecule has 8 heteroatoms. The number of aliphatic hydroxyl groups excluding tert-OH is 1. The van der Waals surface area contributed by atoms with Gasteiger partial charge in [0.25, 0.3) is 0 Å². The van der Waals surface area contributed by atoms with Crippen LogP contribution >= 0.6 is 0 Å². The average molecular weight is 373 g/mol. The second kappa shape index (κ2) is 8.30. The van der Waals surface area contributed by atoms with Crippen LogP contribution in [0.25, 0.3) is 0 Å². The van der Waals surface area contributed by atoms with Crippen LogP contribution in [0.5, 0.6) is 0 Å². The Labute approximate surface area is 157 Å². The molecule has 0 saturated carbocycles. The Kier molecular flexibility index (Phi) is 5.85. The molecule has 144 valence electrons. The number of rotatable bonds is 5. The topological polar surface area (TPSA) is 107 Å². The number of nitrogens with one attached hydrogen (secondary N) is 1. The molecular weight excluding hydrogens is 350 g/mol. The lowest BCUT2D eigenvalue weighted by Crippen LogP contribution is -2.40. The summed E-state index contributed by atoms with van der Waals surface area (Å²) in [6, 6.07) is 6.90. The Hall–Kier alpha value is -2.74. The summed E-state index contributed by atoms with van der Waals surface area (Å²) in [6.45, 7) is 0.864. The number of hydrogen-bond donors (Lipinski definition) is 2. The quantitative estimate of drug-likeness (QED) is 0.722. The van der Waals surface area contributed by atoms with E-state index in [0.29, 0.717) is 31.6 Å². The maximum atomic E-state index is 12.3. The van der Waals surface area contributed by atoms with Gasteiger partial charge in [-0.25, -0.2) is 0 Å². The number of amides is 4. The smallest absolute Gasteiger partial charge is 0.244 e. The standard InChI is InChI=1S/C19H23N3O5/c23-15-7-9-21(10-8-15)19(27)11-13-1-3-14(4-2-13)20-16(24)12-22-17(25)5-6-18(22)26/h1-4,15,23H,5-12H2,(H,20,24). The third-order valence-electron chi connectivity index (χ3n) is 4.87. The fraction of sp³-hybridized carbons (Fsp3) is 0.474. The Morgan fingerprint density at radius 1 is 1.04 bits per heavy atom. The number of benzene rings is 1. The number of hydrogen-bond acceptors (Lipinski definition) is 5. The second-order valence-corrected chi connectivity index (χ2v) is 6.91. The number of piperidine rings is 1. The molecule has 2 saturated heterocycles. The third-order valence-corrected chi connectivity index (χ3v) is 4.87. The van der Waals surface area contributed by atoms with Crippen molar-refractivity contribution in [2.45, 2.75) is 38.2 Å². The molecular formula is C19H23N3O5. The van der Waals surface area contributed by atoms with Crippen molar-refractivity contribution >= 4 is 29.3 Å². The first-order valence-electron chi connectivity index (χ1n) is 9.10. The molecule has 0 bridgehead atoms. The predicted molar refractivity (Wildman–Crippen MR) is 96.6 cm³/mol. The molecule has 2 N–H and O–H groups in total. The molecule has 8 nitrogen and oxygen atoms in total. The summed E-state index contributed by atoms with van der Waals surface area (Å²) < 4.78 is 0. The van der Waals surface area contributed by atoms with E-state index in [1.165, 1.54) is 0 Å². The van der Waals surface area contributed by atoms with Crippen molar-refractivity contribution in [1.29, 1.82) is 0 Å². The minimum Gasteiger partial charge on any atom is -0.393 e. The SMILES string of the molecule is O=C(CN1C(=O)CCC1=O)Nc1ccc(CC(=O)N2CCC(O)CC2)cc1. The first-order valence-corrected chi connectivity index (χ1v) is 9.10. The van der Waals surface area contributed by atoms with E-state index in [2.05, 4.69) is 5.32 Å². The molecule has 3 rings (SSSR count). The molecule has 2 fully saturated rings. The minimum atomic E-state index is -0.436. The fourth-order valence-electron chi connectivity index (χ4n) is 3.25. The van der Waals surface area contributed by atoms with Gasteiger partial charge < -0.3 is 15.3 Å². The first kappa shape index (κ1) is 19.0. The lowest BCUT2D eigenvalue weighted by molar-refractivity contribution is -0.141. The van der Waals surface area contributed by atoms with Crippen LogP contribution in [0.3, 0.4) is 0 Å². The zero-order valence-corrected chi connectivity index (χ0v) is 15.0. The third kappa shape index (κ3) is 4.91. The van der Waals surface area contributed by atoms with Crippen molar-refractivity contribution in [3.63, 3.8) is 0 Å². The van der Waals surface area contributed by atoms with Crippen LogP contribution in [-0.2, 0) is 25.6 Å². The second-order valence-electron chi connectivity index (χ2n) is 6.91. The van der Waals surface area contributed by atoms with Crippen LogP contribution in [0, 0.1) is 0 Å². The number of nitrogens with zero attached hydrogens (tertiary/aromatic N) is 2. The molecule has 0 unspecified atom stereocenters. The van der Waals surface area contributed by atoms with Gasteiger partial charge >= 0.3 is 0 Å². The maximum absolute atomic E-state index is 12.3. The zero-order chi connectivity index (χ0) is 19.4. The normalized spacial score (nSPS) is 18.1. The number of anilines is 1. The van der Waals surface area contributed by atoms with Gasteiger partial charge in [-0.2, -0.15) is 0 Å². The van der Waals surface area contributed by atoms with Crippen molar-refractivity contribution in [1.82, 2.24) is 9.80 Å². The summed E-state index contributed by atoms with van der Waals surface area (Å²) in [7, 11) is 0. The van der Waals surface area contributed by atoms with E-state index in [1.807, 2.05) is 0 Å². The highest BCUT2D eigenvalue weighted by Gasteiger charge is 2.30. The number of likely N-dealkylation sites (tertiary alicyclic amines) is 2. The summed E-state index contributed by atoms with van der Waals surface area (Å²) in [5.41, 5.74) is 1.37. The van der Waals surface area contributed by atoms with Gasteiger partial charge in [0.1, 0.15) is 6.54 Å². The maximum Gasteiger partial charge on any atom is 0.244 e. The van der Waals surface area contributed by atoms with Crippen molar-refractivity contribution in [3.05, 3.63) is 29.8 Å². The summed E-state index contributed by atoms with van der Waals surface area (Å²) >= 11 is 0. The summed E-state index contributed by atoms with van der Waals surface area (Å²) in [5.74, 6) is -1.07. The fourth-order valence-corrected chi connectivity index (χ4v) is 3.25. The van der Waals surface area contributed by atoms with Gasteiger partial charge in [0.2, 0.25) is 23.6 Å². The van der Waals surface area contributed by atoms with E-state index < -0.39 is 5.91 Å². The van der Waals surface area contributed by atoms with Crippen LogP contribution < -0.4 is 5.32 Å². The molecule has 1 aromatic rings. The van der Waals surface area contributed by atoms with Gasteiger partial charge in [0.05, 0.1) is 12.5 Å². The van der Waals surface area contributed by atoms with Crippen LogP contribution in [0.4, 0.5) is 5.69 Å². The molecule has 0 aliphatic carbocycles. The lowest BCUT2D eigenvalue weighted by atomic mass is 10.1. The molecule has 4 amide bonds. The van der Waals surface area contributed by atoms with E-state index in [-0.39, 0.29) is 49.6 Å². The number of carbonyl (C=O) groups is 4. The Morgan fingerprint density at radius 2 is 1.63 bits per heavy atom. The van der Waals surface area contributed by atoms with E-state index in [9.17, 15) is 24.3 Å². The van der Waals surface area contributed by atoms with Gasteiger partial charge in [-0.15, -0.1) is 0 Å². The highest BCUT2D eigenvalue weighted by Crippen LogP contribution is 2.15. The monoisotopic (exact) mass is 373 g/mol. The average Bonchev–Trinajstić information content (AvgIpc) is 2.96. The van der Waals surface area contributed by atoms with Gasteiger partial charge in [0, 0.05) is 31.6 Å². The van der Waals surface area contributed by atoms with Gasteiger partial charge in [-0.05, 0) is 30.5 Å². The van der Waals surface area contributed by atoms with E-state index in [1.54, 1.807) is 29.2 Å². The number of imide groups is 1. The van der Waals surface area contributed by atoms with Crippen molar-refractivity contribution in [2.75, 3.05) is 25.0 Å². The molecule has 0 spiro atoms. The van der Waals surface area contributed by atoms with E-state index in [4.69, 9.17) is 0 Å². The molecule has 1 aromatic carbocycles. The summed E-state index contributed by atoms with van der Waals surface area (Å²) in [4.78, 5) is 50.1. The largest absolute Gasteiger partial charge is 0.393 e. The molecule has 0 aromatic heterocycles. The Balaban J connectivity index is 1.49. The molecule has 2 aliphatic heterocycles. The van der Waals surface area contributed by atoms with Crippen molar-refractivity contribution < 1.29 is 24.3 Å². The Morgan fingerprint density at radius 3 is 2.22 bits per heavy atom. The first-order chi connectivity index (χ1) is 12.9. The molecule has 27 heavy (non-hydrogen) atoms. The molecule has 0 atom stereocenters. The Bertz CT molecular complexity index is 722. The van der Waals surface area contributed by atoms with Crippen molar-refractivity contribution in [3.8, 4) is 0 Å². The van der Waals surface area contributed by atoms with E-state index >= 15 is 0 Å². The molecule has 0 radical (unpaired) electrons. The number of carbonyl (C=O) groups excluding carboxylic acids is 4. The van der Waals surface area contributed by atoms with E-state index in [0.717, 1.165) is 10.5 Å². The summed E-state index contributed by atoms with van der Waals surface area (Å²) in [5, 5.41) is 12.2. The zero-order valence-electron chi connectivity index (χ0n) is 15.0. The minimum absolute atomic E-state index is 0.0183. The highest BCUT2D eigenvalue weighted by atomic mass is 16.3. The molecule has 2 heterocycles. The van der Waals surface area contributed by atoms with Gasteiger partial charge in [0.15, 0.2) is 0 Å². The lowest BCUT2D eigenvalue weighted by Gasteiger charge is -2.29. The van der Waals surface area contributed by atoms with Gasteiger partial charge in [-0.3, -0.25) is 24.1 Å². The highest BCUT2D eigenvalue weighted by molar-refractivity contribution is 6.06. The van der Waals surface area contributed by atoms with Crippen LogP contribution in [0.15, 0.2) is 24.3 Å². The number of aliphatic hydroxyl groups is 1. The van der Waals surface area contributed by atoms with Crippen LogP contribution in [0.1, 0.15) is 31.2 Å². The predicted octanol–water partition coefficient (Wildman–Crippen LogP) is 0.300. The van der Waals surface area contributed by atoms with Gasteiger partial charge in [-0.1, -0.05) is 12.1 Å². The van der Waals surface area contributed by atoms with Crippen molar-refractivity contribution in [2.24, 2.45) is 0 Å². The molecule has 2 aliphatic rings. The van der Waals surface area contributed by atoms with Crippen LogP contribution in [0.2, 0.25) is 0 Å². The summed E-state index contributed by atoms with van der Waals surface area (Å²) in [6.07, 6.45) is 1.48. The van der Waals surface area contributed by atoms with Crippen LogP contribution in [-0.4, -0.2) is 64.3 Å².